The molecule has 0 aliphatic carbocycles. The molecule has 0 aromatic heterocycles. The van der Waals surface area contributed by atoms with Crippen molar-refractivity contribution in [2.24, 2.45) is 0 Å². The second-order valence-electron chi connectivity index (χ2n) is 5.22. The second-order valence-corrected chi connectivity index (χ2v) is 5.22. The highest BCUT2D eigenvalue weighted by atomic mass is 16.2. The molecule has 0 radical (unpaired) electrons. The van der Waals surface area contributed by atoms with E-state index >= 15 is 0 Å². The largest absolute Gasteiger partial charge is 0.342 e. The molecule has 4 heteroatoms. The molecule has 112 valence electrons. The summed E-state index contributed by atoms with van der Waals surface area (Å²) >= 11 is 0. The van der Waals surface area contributed by atoms with Gasteiger partial charge in [0.25, 0.3) is 0 Å². The maximum absolute atomic E-state index is 12.6. The zero-order valence-electron chi connectivity index (χ0n) is 12.6. The van der Waals surface area contributed by atoms with Crippen molar-refractivity contribution >= 4 is 11.8 Å². The Morgan fingerprint density at radius 2 is 1.95 bits per heavy atom. The summed E-state index contributed by atoms with van der Waals surface area (Å²) in [5.74, 6) is -0.0906. The average molecular weight is 286 g/mol. The minimum Gasteiger partial charge on any atom is -0.342 e. The number of rotatable bonds is 5. The number of hydrogen-bond acceptors (Lipinski definition) is 2. The van der Waals surface area contributed by atoms with E-state index in [9.17, 15) is 9.59 Å². The smallest absolute Gasteiger partial charge is 0.248 e. The minimum absolute atomic E-state index is 0.00315. The van der Waals surface area contributed by atoms with Gasteiger partial charge in [0.05, 0.1) is 0 Å². The molecule has 1 saturated heterocycles. The lowest BCUT2D eigenvalue weighted by atomic mass is 9.98. The first-order valence-corrected chi connectivity index (χ1v) is 7.46. The van der Waals surface area contributed by atoms with E-state index < -0.39 is 12.1 Å². The summed E-state index contributed by atoms with van der Waals surface area (Å²) in [5.41, 5.74) is 0.850. The molecule has 2 rings (SSSR count). The molecule has 0 spiro atoms. The summed E-state index contributed by atoms with van der Waals surface area (Å²) in [7, 11) is 0. The van der Waals surface area contributed by atoms with E-state index in [4.69, 9.17) is 0 Å². The van der Waals surface area contributed by atoms with Crippen molar-refractivity contribution in [1.29, 1.82) is 0 Å². The first-order chi connectivity index (χ1) is 10.2. The molecule has 2 amide bonds. The summed E-state index contributed by atoms with van der Waals surface area (Å²) in [6, 6.07) is 8.52. The zero-order chi connectivity index (χ0) is 15.2. The van der Waals surface area contributed by atoms with Crippen LogP contribution in [-0.4, -0.2) is 29.3 Å². The highest BCUT2D eigenvalue weighted by molar-refractivity contribution is 5.97. The molecular weight excluding hydrogens is 264 g/mol. The summed E-state index contributed by atoms with van der Waals surface area (Å²) in [6.45, 7) is 4.39. The number of nitrogens with one attached hydrogen (secondary N) is 1. The molecule has 1 heterocycles. The number of piperazine rings is 1. The average Bonchev–Trinajstić information content (AvgIpc) is 2.50. The molecule has 4 nitrogen and oxygen atoms in total. The Morgan fingerprint density at radius 1 is 1.24 bits per heavy atom. The van der Waals surface area contributed by atoms with Crippen LogP contribution >= 0.6 is 0 Å². The third kappa shape index (κ3) is 3.32. The number of benzene rings is 1. The van der Waals surface area contributed by atoms with E-state index in [0.29, 0.717) is 13.0 Å². The summed E-state index contributed by atoms with van der Waals surface area (Å²) in [4.78, 5) is 26.8. The topological polar surface area (TPSA) is 49.4 Å². The Hall–Kier alpha value is -2.10. The van der Waals surface area contributed by atoms with Gasteiger partial charge in [-0.15, -0.1) is 0 Å². The maximum Gasteiger partial charge on any atom is 0.248 e. The van der Waals surface area contributed by atoms with Crippen molar-refractivity contribution in [2.75, 3.05) is 6.54 Å². The Labute approximate surface area is 125 Å². The monoisotopic (exact) mass is 286 g/mol. The molecule has 1 aliphatic rings. The molecule has 0 bridgehead atoms. The van der Waals surface area contributed by atoms with Crippen LogP contribution in [0.1, 0.15) is 38.3 Å². The predicted octanol–water partition coefficient (Wildman–Crippen LogP) is 2.43. The highest BCUT2D eigenvalue weighted by Crippen LogP contribution is 2.26. The van der Waals surface area contributed by atoms with Gasteiger partial charge in [-0.1, -0.05) is 55.8 Å². The van der Waals surface area contributed by atoms with Gasteiger partial charge < -0.3 is 10.2 Å². The standard InChI is InChI=1S/C17H22N2O2/c1-3-5-12-19-15(13-10-7-6-8-11-13)16(20)18-14(9-4-2)17(19)21/h3,5-8,10-11,14-15H,4,9,12H2,1-2H3,(H,18,20)/b5-3+. The van der Waals surface area contributed by atoms with Gasteiger partial charge in [0, 0.05) is 6.54 Å². The van der Waals surface area contributed by atoms with Crippen molar-refractivity contribution in [2.45, 2.75) is 38.8 Å². The second kappa shape index (κ2) is 7.07. The van der Waals surface area contributed by atoms with Gasteiger partial charge in [-0.05, 0) is 18.9 Å². The normalized spacial score (nSPS) is 22.7. The SMILES string of the molecule is C/C=C/CN1C(=O)C(CCC)NC(=O)C1c1ccccc1. The summed E-state index contributed by atoms with van der Waals surface area (Å²) in [5, 5.41) is 2.87. The maximum atomic E-state index is 12.6. The minimum atomic E-state index is -0.539. The van der Waals surface area contributed by atoms with E-state index in [1.165, 1.54) is 0 Å². The van der Waals surface area contributed by atoms with Crippen molar-refractivity contribution in [1.82, 2.24) is 10.2 Å². The predicted molar refractivity (Wildman–Crippen MR) is 82.5 cm³/mol. The number of nitrogens with zero attached hydrogens (tertiary/aromatic N) is 1. The van der Waals surface area contributed by atoms with Gasteiger partial charge in [-0.2, -0.15) is 0 Å². The lowest BCUT2D eigenvalue weighted by Gasteiger charge is -2.38. The Balaban J connectivity index is 2.32. The van der Waals surface area contributed by atoms with E-state index in [1.54, 1.807) is 4.90 Å². The summed E-state index contributed by atoms with van der Waals surface area (Å²) in [6.07, 6.45) is 5.36. The number of carbonyl (C=O) groups is 2. The quantitative estimate of drug-likeness (QED) is 0.845. The van der Waals surface area contributed by atoms with Crippen LogP contribution in [0.4, 0.5) is 0 Å². The van der Waals surface area contributed by atoms with Crippen LogP contribution < -0.4 is 5.32 Å². The fourth-order valence-corrected chi connectivity index (χ4v) is 2.65. The van der Waals surface area contributed by atoms with Crippen LogP contribution in [-0.2, 0) is 9.59 Å². The van der Waals surface area contributed by atoms with Crippen LogP contribution in [0, 0.1) is 0 Å². The van der Waals surface area contributed by atoms with Gasteiger partial charge in [0.15, 0.2) is 0 Å². The molecule has 0 saturated carbocycles. The van der Waals surface area contributed by atoms with Crippen molar-refractivity contribution < 1.29 is 9.59 Å². The number of allylic oxidation sites excluding steroid dienone is 1. The lowest BCUT2D eigenvalue weighted by molar-refractivity contribution is -0.149. The molecule has 1 aromatic rings. The molecule has 21 heavy (non-hydrogen) atoms. The van der Waals surface area contributed by atoms with E-state index in [0.717, 1.165) is 12.0 Å². The van der Waals surface area contributed by atoms with Gasteiger partial charge >= 0.3 is 0 Å². The van der Waals surface area contributed by atoms with Crippen LogP contribution in [0.2, 0.25) is 0 Å². The third-order valence-corrected chi connectivity index (χ3v) is 3.69. The fourth-order valence-electron chi connectivity index (χ4n) is 2.65. The van der Waals surface area contributed by atoms with E-state index in [2.05, 4.69) is 5.32 Å². The molecule has 1 aromatic carbocycles. The first kappa shape index (κ1) is 15.3. The zero-order valence-corrected chi connectivity index (χ0v) is 12.6. The number of hydrogen-bond donors (Lipinski definition) is 1. The number of amides is 2. The Morgan fingerprint density at radius 3 is 2.57 bits per heavy atom. The van der Waals surface area contributed by atoms with Crippen molar-refractivity contribution in [3.63, 3.8) is 0 Å². The highest BCUT2D eigenvalue weighted by Gasteiger charge is 2.40. The molecular formula is C17H22N2O2. The first-order valence-electron chi connectivity index (χ1n) is 7.46. The van der Waals surface area contributed by atoms with Gasteiger partial charge in [0.1, 0.15) is 12.1 Å². The van der Waals surface area contributed by atoms with E-state index in [1.807, 2.05) is 56.3 Å². The van der Waals surface area contributed by atoms with Crippen molar-refractivity contribution in [3.8, 4) is 0 Å². The molecule has 2 unspecified atom stereocenters. The molecule has 1 N–H and O–H groups in total. The van der Waals surface area contributed by atoms with Gasteiger partial charge in [-0.25, -0.2) is 0 Å². The molecule has 2 atom stereocenters. The van der Waals surface area contributed by atoms with Gasteiger partial charge in [-0.3, -0.25) is 9.59 Å². The number of carbonyl (C=O) groups excluding carboxylic acids is 2. The van der Waals surface area contributed by atoms with Crippen LogP contribution in [0.5, 0.6) is 0 Å². The summed E-state index contributed by atoms with van der Waals surface area (Å²) < 4.78 is 0. The van der Waals surface area contributed by atoms with E-state index in [-0.39, 0.29) is 11.8 Å². The van der Waals surface area contributed by atoms with Crippen molar-refractivity contribution in [3.05, 3.63) is 48.0 Å². The molecule has 1 fully saturated rings. The van der Waals surface area contributed by atoms with Crippen LogP contribution in [0.15, 0.2) is 42.5 Å². The Bertz CT molecular complexity index is 525. The van der Waals surface area contributed by atoms with Crippen LogP contribution in [0.25, 0.3) is 0 Å². The lowest BCUT2D eigenvalue weighted by Crippen LogP contribution is -2.59. The van der Waals surface area contributed by atoms with Crippen LogP contribution in [0.3, 0.4) is 0 Å². The van der Waals surface area contributed by atoms with Gasteiger partial charge in [0.2, 0.25) is 11.8 Å². The Kier molecular flexibility index (Phi) is 5.14. The third-order valence-electron chi connectivity index (χ3n) is 3.69. The fraction of sp³-hybridized carbons (Fsp3) is 0.412. The molecule has 1 aliphatic heterocycles.